The van der Waals surface area contributed by atoms with Gasteiger partial charge in [0.2, 0.25) is 0 Å². The highest BCUT2D eigenvalue weighted by Gasteiger charge is 2.21. The molecule has 5 nitrogen and oxygen atoms in total. The molecule has 1 aromatic heterocycles. The Balaban J connectivity index is 2.06. The van der Waals surface area contributed by atoms with Gasteiger partial charge < -0.3 is 15.0 Å². The summed E-state index contributed by atoms with van der Waals surface area (Å²) in [5.74, 6) is 1.00. The fraction of sp³-hybridized carbons (Fsp3) is 0.818. The highest BCUT2D eigenvalue weighted by Crippen LogP contribution is 2.30. The van der Waals surface area contributed by atoms with E-state index in [-0.39, 0.29) is 6.10 Å². The first-order valence-electron chi connectivity index (χ1n) is 5.96. The molecular formula is C11H20N4O. The van der Waals surface area contributed by atoms with Crippen LogP contribution in [0.3, 0.4) is 0 Å². The van der Waals surface area contributed by atoms with Crippen LogP contribution in [0.2, 0.25) is 0 Å². The summed E-state index contributed by atoms with van der Waals surface area (Å²) in [6.45, 7) is 0.522. The number of rotatable bonds is 5. The first kappa shape index (κ1) is 11.5. The van der Waals surface area contributed by atoms with E-state index < -0.39 is 0 Å². The lowest BCUT2D eigenvalue weighted by Gasteiger charge is -2.16. The molecule has 1 fully saturated rings. The Hall–Kier alpha value is -0.940. The minimum absolute atomic E-state index is 0.0457. The molecule has 1 aliphatic carbocycles. The van der Waals surface area contributed by atoms with Crippen LogP contribution < -0.4 is 5.73 Å². The maximum Gasteiger partial charge on any atom is 0.135 e. The predicted molar refractivity (Wildman–Crippen MR) is 61.1 cm³/mol. The molecule has 2 rings (SSSR count). The molecule has 2 N–H and O–H groups in total. The van der Waals surface area contributed by atoms with Crippen molar-refractivity contribution in [1.29, 1.82) is 0 Å². The summed E-state index contributed by atoms with van der Waals surface area (Å²) in [4.78, 5) is 0. The molecule has 1 aliphatic rings. The first-order chi connectivity index (χ1) is 7.85. The number of hydrogen-bond donors (Lipinski definition) is 1. The SMILES string of the molecule is COC(CN)Cc1nncn1C1CCCC1. The number of ether oxygens (including phenoxy) is 1. The Bertz CT molecular complexity index is 316. The average Bonchev–Trinajstić information content (AvgIpc) is 2.95. The van der Waals surface area contributed by atoms with Crippen molar-refractivity contribution < 1.29 is 4.74 Å². The van der Waals surface area contributed by atoms with Gasteiger partial charge in [-0.05, 0) is 12.8 Å². The number of nitrogens with two attached hydrogens (primary N) is 1. The smallest absolute Gasteiger partial charge is 0.135 e. The number of aromatic nitrogens is 3. The molecule has 0 aliphatic heterocycles. The van der Waals surface area contributed by atoms with E-state index in [2.05, 4.69) is 14.8 Å². The van der Waals surface area contributed by atoms with Gasteiger partial charge in [-0.1, -0.05) is 12.8 Å². The molecule has 0 radical (unpaired) electrons. The predicted octanol–water partition coefficient (Wildman–Crippen LogP) is 0.909. The Kier molecular flexibility index (Phi) is 3.90. The lowest BCUT2D eigenvalue weighted by atomic mass is 10.2. The van der Waals surface area contributed by atoms with Crippen molar-refractivity contribution in [2.45, 2.75) is 44.2 Å². The molecule has 16 heavy (non-hydrogen) atoms. The Labute approximate surface area is 96.0 Å². The molecule has 0 spiro atoms. The van der Waals surface area contributed by atoms with Crippen molar-refractivity contribution in [3.05, 3.63) is 12.2 Å². The zero-order valence-corrected chi connectivity index (χ0v) is 9.80. The Morgan fingerprint density at radius 2 is 2.31 bits per heavy atom. The van der Waals surface area contributed by atoms with Gasteiger partial charge in [0.1, 0.15) is 12.2 Å². The monoisotopic (exact) mass is 224 g/mol. The maximum absolute atomic E-state index is 5.62. The molecule has 5 heteroatoms. The van der Waals surface area contributed by atoms with Crippen molar-refractivity contribution in [2.24, 2.45) is 5.73 Å². The van der Waals surface area contributed by atoms with E-state index >= 15 is 0 Å². The lowest BCUT2D eigenvalue weighted by Crippen LogP contribution is -2.26. The molecule has 0 aromatic carbocycles. The van der Waals surface area contributed by atoms with Crippen molar-refractivity contribution in [3.63, 3.8) is 0 Å². The van der Waals surface area contributed by atoms with Crippen LogP contribution in [0.5, 0.6) is 0 Å². The van der Waals surface area contributed by atoms with Crippen LogP contribution in [0.1, 0.15) is 37.5 Å². The summed E-state index contributed by atoms with van der Waals surface area (Å²) >= 11 is 0. The van der Waals surface area contributed by atoms with Gasteiger partial charge >= 0.3 is 0 Å². The fourth-order valence-electron chi connectivity index (χ4n) is 2.37. The van der Waals surface area contributed by atoms with Gasteiger partial charge in [0.25, 0.3) is 0 Å². The molecule has 1 heterocycles. The van der Waals surface area contributed by atoms with Crippen LogP contribution in [0.15, 0.2) is 6.33 Å². The highest BCUT2D eigenvalue weighted by molar-refractivity contribution is 4.93. The quantitative estimate of drug-likeness (QED) is 0.807. The summed E-state index contributed by atoms with van der Waals surface area (Å²) in [5, 5.41) is 8.18. The molecule has 90 valence electrons. The van der Waals surface area contributed by atoms with Crippen LogP contribution in [-0.2, 0) is 11.2 Å². The third kappa shape index (κ3) is 2.41. The fourth-order valence-corrected chi connectivity index (χ4v) is 2.37. The van der Waals surface area contributed by atoms with Crippen LogP contribution >= 0.6 is 0 Å². The van der Waals surface area contributed by atoms with Crippen molar-refractivity contribution in [1.82, 2.24) is 14.8 Å². The van der Waals surface area contributed by atoms with E-state index in [1.54, 1.807) is 7.11 Å². The lowest BCUT2D eigenvalue weighted by molar-refractivity contribution is 0.107. The number of nitrogens with zero attached hydrogens (tertiary/aromatic N) is 3. The van der Waals surface area contributed by atoms with Gasteiger partial charge in [0.15, 0.2) is 0 Å². The molecular weight excluding hydrogens is 204 g/mol. The van der Waals surface area contributed by atoms with Gasteiger partial charge in [-0.15, -0.1) is 10.2 Å². The summed E-state index contributed by atoms with van der Waals surface area (Å²) in [6, 6.07) is 0.584. The zero-order chi connectivity index (χ0) is 11.4. The largest absolute Gasteiger partial charge is 0.380 e. The molecule has 1 atom stereocenters. The average molecular weight is 224 g/mol. The number of hydrogen-bond acceptors (Lipinski definition) is 4. The summed E-state index contributed by atoms with van der Waals surface area (Å²) in [7, 11) is 1.69. The summed E-state index contributed by atoms with van der Waals surface area (Å²) in [5.41, 5.74) is 5.62. The van der Waals surface area contributed by atoms with Gasteiger partial charge in [0.05, 0.1) is 6.10 Å². The van der Waals surface area contributed by atoms with Crippen molar-refractivity contribution in [2.75, 3.05) is 13.7 Å². The second-order valence-electron chi connectivity index (χ2n) is 4.39. The van der Waals surface area contributed by atoms with Crippen LogP contribution in [-0.4, -0.2) is 34.5 Å². The van der Waals surface area contributed by atoms with Crippen LogP contribution in [0.25, 0.3) is 0 Å². The van der Waals surface area contributed by atoms with E-state index in [4.69, 9.17) is 10.5 Å². The highest BCUT2D eigenvalue weighted by atomic mass is 16.5. The van der Waals surface area contributed by atoms with Gasteiger partial charge in [-0.3, -0.25) is 0 Å². The first-order valence-corrected chi connectivity index (χ1v) is 5.96. The van der Waals surface area contributed by atoms with Crippen LogP contribution in [0.4, 0.5) is 0 Å². The Morgan fingerprint density at radius 3 is 2.94 bits per heavy atom. The van der Waals surface area contributed by atoms with Crippen molar-refractivity contribution in [3.8, 4) is 0 Å². The minimum atomic E-state index is 0.0457. The topological polar surface area (TPSA) is 66.0 Å². The van der Waals surface area contributed by atoms with E-state index in [0.717, 1.165) is 12.2 Å². The normalized spacial score (nSPS) is 19.1. The molecule has 0 saturated heterocycles. The van der Waals surface area contributed by atoms with Gasteiger partial charge in [-0.2, -0.15) is 0 Å². The van der Waals surface area contributed by atoms with E-state index in [1.807, 2.05) is 6.33 Å². The van der Waals surface area contributed by atoms with Crippen LogP contribution in [0, 0.1) is 0 Å². The molecule has 1 unspecified atom stereocenters. The van der Waals surface area contributed by atoms with Gasteiger partial charge in [0, 0.05) is 26.1 Å². The second kappa shape index (κ2) is 5.41. The van der Waals surface area contributed by atoms with Crippen molar-refractivity contribution >= 4 is 0 Å². The van der Waals surface area contributed by atoms with E-state index in [9.17, 15) is 0 Å². The van der Waals surface area contributed by atoms with E-state index in [0.29, 0.717) is 12.6 Å². The maximum atomic E-state index is 5.62. The standard InChI is InChI=1S/C11H20N4O/c1-16-10(7-12)6-11-14-13-8-15(11)9-4-2-3-5-9/h8-10H,2-7,12H2,1H3. The summed E-state index contributed by atoms with van der Waals surface area (Å²) in [6.07, 6.45) is 7.75. The third-order valence-corrected chi connectivity index (χ3v) is 3.37. The minimum Gasteiger partial charge on any atom is -0.380 e. The molecule has 0 amide bonds. The number of methoxy groups -OCH3 is 1. The van der Waals surface area contributed by atoms with E-state index in [1.165, 1.54) is 25.7 Å². The third-order valence-electron chi connectivity index (χ3n) is 3.37. The second-order valence-corrected chi connectivity index (χ2v) is 4.39. The van der Waals surface area contributed by atoms with Gasteiger partial charge in [-0.25, -0.2) is 0 Å². The molecule has 0 bridgehead atoms. The molecule has 1 aromatic rings. The Morgan fingerprint density at radius 1 is 1.56 bits per heavy atom. The summed E-state index contributed by atoms with van der Waals surface area (Å²) < 4.78 is 7.49. The zero-order valence-electron chi connectivity index (χ0n) is 9.80. The molecule has 1 saturated carbocycles.